The number of fused-ring (bicyclic) bond motifs is 2. The van der Waals surface area contributed by atoms with Crippen LogP contribution in [-0.4, -0.2) is 54.4 Å². The molecule has 39 heavy (non-hydrogen) atoms. The molecule has 1 aliphatic rings. The number of pyridine rings is 1. The number of benzene rings is 1. The van der Waals surface area contributed by atoms with Crippen LogP contribution >= 0.6 is 0 Å². The molecule has 0 radical (unpaired) electrons. The summed E-state index contributed by atoms with van der Waals surface area (Å²) >= 11 is 0. The van der Waals surface area contributed by atoms with Crippen molar-refractivity contribution in [1.82, 2.24) is 39.7 Å². The molecule has 4 aromatic heterocycles. The van der Waals surface area contributed by atoms with Gasteiger partial charge in [-0.25, -0.2) is 13.8 Å². The summed E-state index contributed by atoms with van der Waals surface area (Å²) < 4.78 is 37.1. The number of amides is 1. The molecule has 0 bridgehead atoms. The Bertz CT molecular complexity index is 1700. The number of rotatable bonds is 7. The van der Waals surface area contributed by atoms with Crippen molar-refractivity contribution in [3.8, 4) is 17.0 Å². The Morgan fingerprint density at radius 1 is 1.15 bits per heavy atom. The Hall–Kier alpha value is -5.14. The molecule has 0 unspecified atom stereocenters. The summed E-state index contributed by atoms with van der Waals surface area (Å²) in [6, 6.07) is 6.54. The van der Waals surface area contributed by atoms with E-state index in [4.69, 9.17) is 4.74 Å². The number of nitrogens with zero attached hydrogens (tertiary/aromatic N) is 7. The first-order valence-electron chi connectivity index (χ1n) is 12.0. The predicted octanol–water partition coefficient (Wildman–Crippen LogP) is 3.33. The third-order valence-electron chi connectivity index (χ3n) is 6.42. The fourth-order valence-corrected chi connectivity index (χ4v) is 4.61. The molecule has 3 N–H and O–H groups in total. The van der Waals surface area contributed by atoms with Crippen molar-refractivity contribution in [2.45, 2.75) is 19.0 Å². The summed E-state index contributed by atoms with van der Waals surface area (Å²) in [4.78, 5) is 21.9. The van der Waals surface area contributed by atoms with E-state index in [1.165, 1.54) is 42.1 Å². The molecular weight excluding hydrogens is 510 g/mol. The molecular formula is C25H22F2N10O2. The van der Waals surface area contributed by atoms with Crippen molar-refractivity contribution < 1.29 is 18.3 Å². The fourth-order valence-electron chi connectivity index (χ4n) is 4.61. The zero-order chi connectivity index (χ0) is 27.1. The highest BCUT2D eigenvalue weighted by Crippen LogP contribution is 2.38. The number of aromatic nitrogens is 7. The monoisotopic (exact) mass is 532 g/mol. The maximum atomic E-state index is 14.7. The first-order chi connectivity index (χ1) is 18.9. The van der Waals surface area contributed by atoms with Gasteiger partial charge in [-0.05, 0) is 24.6 Å². The lowest BCUT2D eigenvalue weighted by molar-refractivity contribution is 0.0937. The van der Waals surface area contributed by atoms with Crippen molar-refractivity contribution >= 4 is 28.9 Å². The zero-order valence-electron chi connectivity index (χ0n) is 20.8. The summed E-state index contributed by atoms with van der Waals surface area (Å²) in [5.41, 5.74) is 1.43. The van der Waals surface area contributed by atoms with Crippen molar-refractivity contribution in [3.05, 3.63) is 72.1 Å². The van der Waals surface area contributed by atoms with E-state index in [-0.39, 0.29) is 34.6 Å². The minimum Gasteiger partial charge on any atom is -0.494 e. The normalized spacial score (nSPS) is 14.3. The molecule has 1 atom stereocenters. The van der Waals surface area contributed by atoms with E-state index < -0.39 is 11.6 Å². The van der Waals surface area contributed by atoms with Gasteiger partial charge in [-0.2, -0.15) is 9.61 Å². The van der Waals surface area contributed by atoms with Gasteiger partial charge < -0.3 is 25.3 Å². The highest BCUT2D eigenvalue weighted by Gasteiger charge is 2.28. The van der Waals surface area contributed by atoms with Crippen LogP contribution in [0.25, 0.3) is 16.9 Å². The van der Waals surface area contributed by atoms with Crippen LogP contribution in [0.4, 0.5) is 26.1 Å². The SMILES string of the molecule is CNc1cc(Nc2cc(F)cc(-c3ccc(F)cn3)c2OC)nc2c(C(=O)N[C@@H]3CCn4cnnc43)cnn12. The summed E-state index contributed by atoms with van der Waals surface area (Å²) in [6.45, 7) is 0.711. The quantitative estimate of drug-likeness (QED) is 0.288. The van der Waals surface area contributed by atoms with Crippen molar-refractivity contribution in [2.75, 3.05) is 24.8 Å². The van der Waals surface area contributed by atoms with Crippen molar-refractivity contribution in [1.29, 1.82) is 0 Å². The van der Waals surface area contributed by atoms with E-state index in [9.17, 15) is 13.6 Å². The maximum Gasteiger partial charge on any atom is 0.257 e. The second-order valence-electron chi connectivity index (χ2n) is 8.79. The molecule has 1 amide bonds. The van der Waals surface area contributed by atoms with Gasteiger partial charge in [0.15, 0.2) is 17.2 Å². The van der Waals surface area contributed by atoms with Crippen LogP contribution in [0.1, 0.15) is 28.6 Å². The molecule has 198 valence electrons. The number of ether oxygens (including phenoxy) is 1. The van der Waals surface area contributed by atoms with Gasteiger partial charge in [-0.3, -0.25) is 9.78 Å². The van der Waals surface area contributed by atoms with E-state index in [0.29, 0.717) is 41.7 Å². The lowest BCUT2D eigenvalue weighted by Gasteiger charge is -2.16. The second kappa shape index (κ2) is 9.63. The van der Waals surface area contributed by atoms with Crippen LogP contribution in [-0.2, 0) is 6.54 Å². The van der Waals surface area contributed by atoms with Gasteiger partial charge in [0.05, 0.1) is 36.9 Å². The summed E-state index contributed by atoms with van der Waals surface area (Å²) in [5.74, 6) is 0.340. The molecule has 6 rings (SSSR count). The molecule has 14 heteroatoms. The van der Waals surface area contributed by atoms with Crippen LogP contribution < -0.4 is 20.7 Å². The van der Waals surface area contributed by atoms with Gasteiger partial charge in [0.2, 0.25) is 0 Å². The topological polar surface area (TPSA) is 136 Å². The number of hydrogen-bond donors (Lipinski definition) is 3. The van der Waals surface area contributed by atoms with E-state index >= 15 is 0 Å². The van der Waals surface area contributed by atoms with Gasteiger partial charge in [-0.15, -0.1) is 10.2 Å². The number of hydrogen-bond acceptors (Lipinski definition) is 9. The average molecular weight is 533 g/mol. The number of carbonyl (C=O) groups is 1. The van der Waals surface area contributed by atoms with E-state index in [1.54, 1.807) is 19.4 Å². The molecule has 12 nitrogen and oxygen atoms in total. The number of halogens is 2. The van der Waals surface area contributed by atoms with Gasteiger partial charge in [-0.1, -0.05) is 0 Å². The standard InChI is InChI=1S/C25H22F2N10O2/c1-28-21-9-20(32-19-8-14(27)7-15(22(19)39-2)17-4-3-13(26)10-29-17)34-23-16(11-31-37(21)23)25(38)33-18-5-6-36-12-30-35-24(18)36/h3-4,7-12,18,28H,5-6H2,1-2H3,(H,32,34)(H,33,38)/t18-/m1/s1. The highest BCUT2D eigenvalue weighted by molar-refractivity contribution is 6.00. The summed E-state index contributed by atoms with van der Waals surface area (Å²) in [6.07, 6.45) is 4.81. The molecule has 0 fully saturated rings. The van der Waals surface area contributed by atoms with E-state index in [2.05, 4.69) is 41.2 Å². The maximum absolute atomic E-state index is 14.7. The first-order valence-corrected chi connectivity index (χ1v) is 12.0. The Morgan fingerprint density at radius 3 is 2.79 bits per heavy atom. The minimum atomic E-state index is -0.567. The number of anilines is 3. The Morgan fingerprint density at radius 2 is 2.03 bits per heavy atom. The summed E-state index contributed by atoms with van der Waals surface area (Å²) in [5, 5.41) is 21.4. The largest absolute Gasteiger partial charge is 0.494 e. The smallest absolute Gasteiger partial charge is 0.257 e. The summed E-state index contributed by atoms with van der Waals surface area (Å²) in [7, 11) is 3.14. The first kappa shape index (κ1) is 24.2. The van der Waals surface area contributed by atoms with Gasteiger partial charge in [0, 0.05) is 31.3 Å². The molecule has 1 aliphatic heterocycles. The van der Waals surface area contributed by atoms with Gasteiger partial charge in [0.25, 0.3) is 5.91 Å². The number of aryl methyl sites for hydroxylation is 1. The lowest BCUT2D eigenvalue weighted by Crippen LogP contribution is -2.27. The van der Waals surface area contributed by atoms with Gasteiger partial charge >= 0.3 is 0 Å². The highest BCUT2D eigenvalue weighted by atomic mass is 19.1. The minimum absolute atomic E-state index is 0.246. The fraction of sp³-hybridized carbons (Fsp3) is 0.200. The number of carbonyl (C=O) groups excluding carboxylic acids is 1. The third-order valence-corrected chi connectivity index (χ3v) is 6.42. The zero-order valence-corrected chi connectivity index (χ0v) is 20.8. The third kappa shape index (κ3) is 4.35. The molecule has 5 aromatic rings. The molecule has 0 aliphatic carbocycles. The van der Waals surface area contributed by atoms with Crippen LogP contribution in [0.15, 0.2) is 49.1 Å². The Balaban J connectivity index is 1.36. The average Bonchev–Trinajstić information content (AvgIpc) is 3.66. The lowest BCUT2D eigenvalue weighted by atomic mass is 10.1. The van der Waals surface area contributed by atoms with E-state index in [0.717, 1.165) is 6.20 Å². The predicted molar refractivity (Wildman–Crippen MR) is 137 cm³/mol. The van der Waals surface area contributed by atoms with E-state index in [1.807, 2.05) is 4.57 Å². The van der Waals surface area contributed by atoms with Crippen molar-refractivity contribution in [3.63, 3.8) is 0 Å². The number of methoxy groups -OCH3 is 1. The molecule has 0 spiro atoms. The molecule has 5 heterocycles. The van der Waals surface area contributed by atoms with Gasteiger partial charge in [0.1, 0.15) is 35.2 Å². The van der Waals surface area contributed by atoms with Crippen LogP contribution in [0.2, 0.25) is 0 Å². The van der Waals surface area contributed by atoms with Crippen molar-refractivity contribution in [2.24, 2.45) is 0 Å². The molecule has 0 saturated carbocycles. The molecule has 0 saturated heterocycles. The Labute approximate surface area is 220 Å². The van der Waals surface area contributed by atoms with Crippen LogP contribution in [0.3, 0.4) is 0 Å². The number of nitrogens with one attached hydrogen (secondary N) is 3. The Kier molecular flexibility index (Phi) is 5.98. The second-order valence-corrected chi connectivity index (χ2v) is 8.79. The van der Waals surface area contributed by atoms with Crippen LogP contribution in [0, 0.1) is 11.6 Å². The molecule has 1 aromatic carbocycles. The van der Waals surface area contributed by atoms with Crippen LogP contribution in [0.5, 0.6) is 5.75 Å².